The summed E-state index contributed by atoms with van der Waals surface area (Å²) in [7, 11) is 10.2. The minimum atomic E-state index is -0.353. The number of aromatic amines is 2. The van der Waals surface area contributed by atoms with Gasteiger partial charge in [0.2, 0.25) is 0 Å². The van der Waals surface area contributed by atoms with Crippen LogP contribution in [-0.2, 0) is 31.9 Å². The second-order valence-corrected chi connectivity index (χ2v) is 13.0. The van der Waals surface area contributed by atoms with Crippen molar-refractivity contribution in [3.8, 4) is 0 Å². The Morgan fingerprint density at radius 1 is 0.867 bits per heavy atom. The first-order valence-corrected chi connectivity index (χ1v) is 15.2. The molecule has 0 saturated heterocycles. The summed E-state index contributed by atoms with van der Waals surface area (Å²) in [5, 5.41) is 0. The first-order chi connectivity index (χ1) is 14.2. The zero-order chi connectivity index (χ0) is 22.3. The molecule has 10 nitrogen and oxygen atoms in total. The number of rotatable bonds is 11. The fraction of sp³-hybridized carbons (Fsp3) is 0.556. The van der Waals surface area contributed by atoms with Crippen molar-refractivity contribution < 1.29 is 19.1 Å². The van der Waals surface area contributed by atoms with E-state index in [0.29, 0.717) is 12.8 Å². The molecule has 0 aliphatic rings. The van der Waals surface area contributed by atoms with Gasteiger partial charge in [0, 0.05) is 0 Å². The van der Waals surface area contributed by atoms with Crippen LogP contribution in [0.25, 0.3) is 0 Å². The molecule has 12 heteroatoms. The number of aromatic nitrogens is 4. The Morgan fingerprint density at radius 2 is 1.23 bits per heavy atom. The molecule has 2 aromatic rings. The maximum absolute atomic E-state index is 11.9. The summed E-state index contributed by atoms with van der Waals surface area (Å²) in [6.45, 7) is 0. The van der Waals surface area contributed by atoms with Crippen molar-refractivity contribution in [2.75, 3.05) is 42.4 Å². The van der Waals surface area contributed by atoms with Gasteiger partial charge < -0.3 is 0 Å². The van der Waals surface area contributed by atoms with E-state index in [1.807, 2.05) is 38.0 Å². The van der Waals surface area contributed by atoms with Gasteiger partial charge in [0.1, 0.15) is 0 Å². The third-order valence-corrected chi connectivity index (χ3v) is 10.5. The second-order valence-electron chi connectivity index (χ2n) is 7.01. The molecule has 0 aliphatic carbocycles. The molecule has 0 aromatic carbocycles. The maximum atomic E-state index is 11.9. The van der Waals surface area contributed by atoms with Crippen molar-refractivity contribution in [1.29, 1.82) is 0 Å². The number of carbonyl (C=O) groups excluding carboxylic acids is 2. The van der Waals surface area contributed by atoms with Crippen LogP contribution in [0.1, 0.15) is 11.4 Å². The van der Waals surface area contributed by atoms with Gasteiger partial charge in [-0.15, -0.1) is 0 Å². The van der Waals surface area contributed by atoms with E-state index in [1.54, 1.807) is 12.4 Å². The van der Waals surface area contributed by atoms with E-state index in [9.17, 15) is 9.59 Å². The summed E-state index contributed by atoms with van der Waals surface area (Å²) >= 11 is 0.227. The van der Waals surface area contributed by atoms with Gasteiger partial charge in [0.05, 0.1) is 0 Å². The topological polar surface area (TPSA) is 116 Å². The average Bonchev–Trinajstić information content (AvgIpc) is 3.36. The number of nitrogens with zero attached hydrogens (tertiary/aromatic N) is 4. The average molecular weight is 550 g/mol. The summed E-state index contributed by atoms with van der Waals surface area (Å²) in [6.07, 6.45) is 4.58. The molecule has 0 spiro atoms. The summed E-state index contributed by atoms with van der Waals surface area (Å²) in [4.78, 5) is 43.0. The van der Waals surface area contributed by atoms with Crippen molar-refractivity contribution >= 4 is 47.6 Å². The molecule has 2 aromatic heterocycles. The molecule has 0 bridgehead atoms. The fourth-order valence-corrected chi connectivity index (χ4v) is 7.72. The zero-order valence-electron chi connectivity index (χ0n) is 18.0. The number of esters is 2. The molecule has 0 saturated carbocycles. The van der Waals surface area contributed by atoms with E-state index < -0.39 is 0 Å². The van der Waals surface area contributed by atoms with Crippen LogP contribution < -0.4 is 9.45 Å². The van der Waals surface area contributed by atoms with E-state index in [-0.39, 0.29) is 50.3 Å². The van der Waals surface area contributed by atoms with Gasteiger partial charge in [-0.3, -0.25) is 0 Å². The molecular weight excluding hydrogens is 522 g/mol. The first kappa shape index (κ1) is 24.6. The van der Waals surface area contributed by atoms with Gasteiger partial charge >= 0.3 is 188 Å². The summed E-state index contributed by atoms with van der Waals surface area (Å²) < 4.78 is 11.6. The summed E-state index contributed by atoms with van der Waals surface area (Å²) in [5.74, 6) is -0.533. The Hall–Kier alpha value is -1.68. The number of H-pyrrole nitrogens is 2. The number of nitrogens with one attached hydrogen (secondary N) is 2. The molecule has 2 N–H and O–H groups in total. The number of likely N-dealkylation sites (N-methyl/N-ethyl adjacent to an activating group) is 2. The van der Waals surface area contributed by atoms with Crippen LogP contribution in [0.2, 0.25) is 0 Å². The second kappa shape index (κ2) is 11.6. The van der Waals surface area contributed by atoms with Gasteiger partial charge in [0.25, 0.3) is 0 Å². The molecule has 0 aliphatic heterocycles. The van der Waals surface area contributed by atoms with E-state index in [0.717, 1.165) is 20.8 Å². The molecule has 30 heavy (non-hydrogen) atoms. The standard InChI is InChI=1S/C18H28N6O4Se2/c1-23(2)13(15(25)27-5)7-11-9-19-17(21-11)29-30-18-20-10-12(22-18)8-14(24(3)4)16(26)28-6/h9-10,13-14H,7-8H2,1-6H3,(H,19,21)(H,20,22)/t13-,14-/m0/s1. The number of methoxy groups -OCH3 is 2. The van der Waals surface area contributed by atoms with Crippen LogP contribution >= 0.6 is 0 Å². The van der Waals surface area contributed by atoms with Crippen LogP contribution in [-0.4, -0.2) is 122 Å². The molecular formula is C18H28N6O4Se2. The summed E-state index contributed by atoms with van der Waals surface area (Å²) in [5.41, 5.74) is 1.80. The van der Waals surface area contributed by atoms with Crippen LogP contribution in [0.3, 0.4) is 0 Å². The van der Waals surface area contributed by atoms with Crippen molar-refractivity contribution in [2.24, 2.45) is 0 Å². The molecule has 0 radical (unpaired) electrons. The zero-order valence-corrected chi connectivity index (χ0v) is 21.4. The van der Waals surface area contributed by atoms with Crippen LogP contribution in [0, 0.1) is 0 Å². The van der Waals surface area contributed by atoms with Crippen LogP contribution in [0.15, 0.2) is 12.4 Å². The number of imidazole rings is 2. The van der Waals surface area contributed by atoms with Gasteiger partial charge in [-0.1, -0.05) is 0 Å². The van der Waals surface area contributed by atoms with Gasteiger partial charge in [-0.05, 0) is 0 Å². The van der Waals surface area contributed by atoms with Crippen LogP contribution in [0.4, 0.5) is 0 Å². The van der Waals surface area contributed by atoms with E-state index in [2.05, 4.69) is 19.9 Å². The molecule has 0 amide bonds. The number of ether oxygens (including phenoxy) is 2. The van der Waals surface area contributed by atoms with E-state index in [4.69, 9.17) is 9.47 Å². The number of hydrogen-bond donors (Lipinski definition) is 2. The number of hydrogen-bond acceptors (Lipinski definition) is 8. The normalized spacial score (nSPS) is 13.5. The third-order valence-electron chi connectivity index (χ3n) is 4.43. The molecule has 2 rings (SSSR count). The number of carbonyl (C=O) groups is 2. The molecule has 0 fully saturated rings. The van der Waals surface area contributed by atoms with Crippen LogP contribution in [0.5, 0.6) is 0 Å². The molecule has 166 valence electrons. The summed E-state index contributed by atoms with van der Waals surface area (Å²) in [6, 6.07) is -0.707. The predicted molar refractivity (Wildman–Crippen MR) is 114 cm³/mol. The Bertz CT molecular complexity index is 770. The van der Waals surface area contributed by atoms with Gasteiger partial charge in [-0.2, -0.15) is 0 Å². The Morgan fingerprint density at radius 3 is 1.53 bits per heavy atom. The molecule has 0 unspecified atom stereocenters. The minimum absolute atomic E-state index is 0.114. The van der Waals surface area contributed by atoms with Crippen molar-refractivity contribution in [3.05, 3.63) is 23.8 Å². The molecule has 2 atom stereocenters. The quantitative estimate of drug-likeness (QED) is 0.237. The predicted octanol–water partition coefficient (Wildman–Crippen LogP) is -2.30. The van der Waals surface area contributed by atoms with Gasteiger partial charge in [0.15, 0.2) is 0 Å². The first-order valence-electron chi connectivity index (χ1n) is 9.16. The van der Waals surface area contributed by atoms with E-state index in [1.165, 1.54) is 14.2 Å². The van der Waals surface area contributed by atoms with Gasteiger partial charge in [-0.25, -0.2) is 0 Å². The third kappa shape index (κ3) is 6.94. The molecule has 2 heterocycles. The Balaban J connectivity index is 1.93. The Kier molecular flexibility index (Phi) is 9.54. The SMILES string of the molecule is COC(=O)[C@H](Cc1cnc([Se][Se]c2ncc(C[C@@H](C(=O)OC)N(C)C)[nH]2)[nH]1)N(C)C. The Labute approximate surface area is 187 Å². The van der Waals surface area contributed by atoms with Crippen molar-refractivity contribution in [1.82, 2.24) is 29.7 Å². The van der Waals surface area contributed by atoms with Crippen molar-refractivity contribution in [3.63, 3.8) is 0 Å². The van der Waals surface area contributed by atoms with Crippen molar-refractivity contribution in [2.45, 2.75) is 24.9 Å². The van der Waals surface area contributed by atoms with E-state index >= 15 is 0 Å². The fourth-order valence-electron chi connectivity index (χ4n) is 2.69. The monoisotopic (exact) mass is 552 g/mol.